The lowest BCUT2D eigenvalue weighted by Gasteiger charge is -2.13. The van der Waals surface area contributed by atoms with Gasteiger partial charge in [0.05, 0.1) is 22.3 Å². The highest BCUT2D eigenvalue weighted by Crippen LogP contribution is 2.26. The Bertz CT molecular complexity index is 1490. The number of rotatable bonds is 6. The van der Waals surface area contributed by atoms with Crippen LogP contribution in [-0.4, -0.2) is 32.9 Å². The summed E-state index contributed by atoms with van der Waals surface area (Å²) in [6.07, 6.45) is -1.07. The zero-order valence-electron chi connectivity index (χ0n) is 18.5. The third kappa shape index (κ3) is 4.80. The molecule has 0 saturated heterocycles. The molecule has 2 heterocycles. The van der Waals surface area contributed by atoms with Crippen molar-refractivity contribution in [2.24, 2.45) is 0 Å². The molecule has 1 amide bonds. The number of amides is 1. The number of halogens is 1. The minimum absolute atomic E-state index is 0.291. The summed E-state index contributed by atoms with van der Waals surface area (Å²) < 4.78 is 18.6. The molecule has 2 aromatic heterocycles. The monoisotopic (exact) mass is 486 g/mol. The summed E-state index contributed by atoms with van der Waals surface area (Å²) in [5, 5.41) is 4.76. The van der Waals surface area contributed by atoms with Crippen molar-refractivity contribution in [3.8, 4) is 22.6 Å². The van der Waals surface area contributed by atoms with Gasteiger partial charge in [-0.25, -0.2) is 19.2 Å². The molecule has 5 rings (SSSR count). The molecule has 0 spiro atoms. The molecule has 0 aliphatic heterocycles. The molecule has 3 aromatic carbocycles. The highest BCUT2D eigenvalue weighted by molar-refractivity contribution is 7.14. The van der Waals surface area contributed by atoms with Gasteiger partial charge in [-0.05, 0) is 49.4 Å². The number of carbonyl (C=O) groups excluding carboxylic acids is 2. The van der Waals surface area contributed by atoms with E-state index in [1.807, 2.05) is 24.3 Å². The largest absolute Gasteiger partial charge is 0.449 e. The average Bonchev–Trinajstić information content (AvgIpc) is 3.51. The smallest absolute Gasteiger partial charge is 0.339 e. The van der Waals surface area contributed by atoms with E-state index in [0.29, 0.717) is 27.8 Å². The molecule has 1 atom stereocenters. The first-order valence-corrected chi connectivity index (χ1v) is 11.6. The molecule has 174 valence electrons. The lowest BCUT2D eigenvalue weighted by Crippen LogP contribution is -2.30. The summed E-state index contributed by atoms with van der Waals surface area (Å²) in [6, 6.07) is 20.4. The molecule has 2 N–H and O–H groups in total. The van der Waals surface area contributed by atoms with E-state index in [1.165, 1.54) is 30.4 Å². The Kier molecular flexibility index (Phi) is 6.07. The van der Waals surface area contributed by atoms with Crippen molar-refractivity contribution in [1.29, 1.82) is 0 Å². The van der Waals surface area contributed by atoms with Gasteiger partial charge in [0.15, 0.2) is 11.2 Å². The van der Waals surface area contributed by atoms with Crippen LogP contribution in [0.5, 0.6) is 0 Å². The van der Waals surface area contributed by atoms with Gasteiger partial charge in [-0.1, -0.05) is 30.3 Å². The SMILES string of the molecule is CC(OC(=O)c1ccccc1-c1nc2ccccc2[nH]1)C(=O)Nc1nc(-c2ccc(F)cc2)cs1. The number of carbonyl (C=O) groups is 2. The second-order valence-electron chi connectivity index (χ2n) is 7.73. The lowest BCUT2D eigenvalue weighted by atomic mass is 10.1. The van der Waals surface area contributed by atoms with Gasteiger partial charge >= 0.3 is 5.97 Å². The van der Waals surface area contributed by atoms with Crippen LogP contribution < -0.4 is 5.32 Å². The molecular formula is C26H19FN4O3S. The molecule has 5 aromatic rings. The van der Waals surface area contributed by atoms with Crippen LogP contribution in [0.25, 0.3) is 33.7 Å². The number of nitrogens with one attached hydrogen (secondary N) is 2. The molecule has 1 unspecified atom stereocenters. The van der Waals surface area contributed by atoms with Crippen LogP contribution >= 0.6 is 11.3 Å². The highest BCUT2D eigenvalue weighted by Gasteiger charge is 2.23. The summed E-state index contributed by atoms with van der Waals surface area (Å²) in [7, 11) is 0. The third-order valence-electron chi connectivity index (χ3n) is 5.32. The molecule has 0 aliphatic carbocycles. The third-order valence-corrected chi connectivity index (χ3v) is 6.08. The summed E-state index contributed by atoms with van der Waals surface area (Å²) in [6.45, 7) is 1.49. The fourth-order valence-corrected chi connectivity index (χ4v) is 4.24. The van der Waals surface area contributed by atoms with Gasteiger partial charge in [-0.3, -0.25) is 10.1 Å². The fourth-order valence-electron chi connectivity index (χ4n) is 3.52. The van der Waals surface area contributed by atoms with Crippen LogP contribution in [0.3, 0.4) is 0 Å². The van der Waals surface area contributed by atoms with E-state index in [1.54, 1.807) is 41.8 Å². The van der Waals surface area contributed by atoms with Gasteiger partial charge in [-0.2, -0.15) is 0 Å². The van der Waals surface area contributed by atoms with E-state index in [9.17, 15) is 14.0 Å². The van der Waals surface area contributed by atoms with Crippen molar-refractivity contribution < 1.29 is 18.7 Å². The van der Waals surface area contributed by atoms with E-state index in [4.69, 9.17) is 4.74 Å². The molecule has 0 saturated carbocycles. The Morgan fingerprint density at radius 1 is 1.00 bits per heavy atom. The van der Waals surface area contributed by atoms with Gasteiger partial charge in [0, 0.05) is 16.5 Å². The van der Waals surface area contributed by atoms with Crippen molar-refractivity contribution in [2.75, 3.05) is 5.32 Å². The van der Waals surface area contributed by atoms with Crippen LogP contribution in [0.4, 0.5) is 9.52 Å². The number of hydrogen-bond donors (Lipinski definition) is 2. The zero-order valence-corrected chi connectivity index (χ0v) is 19.3. The fraction of sp³-hybridized carbons (Fsp3) is 0.0769. The van der Waals surface area contributed by atoms with Crippen LogP contribution in [0, 0.1) is 5.82 Å². The molecule has 0 bridgehead atoms. The summed E-state index contributed by atoms with van der Waals surface area (Å²) >= 11 is 1.22. The lowest BCUT2D eigenvalue weighted by molar-refractivity contribution is -0.123. The highest BCUT2D eigenvalue weighted by atomic mass is 32.1. The first-order valence-electron chi connectivity index (χ1n) is 10.8. The van der Waals surface area contributed by atoms with Crippen LogP contribution in [0.1, 0.15) is 17.3 Å². The van der Waals surface area contributed by atoms with Crippen molar-refractivity contribution in [3.05, 3.63) is 89.6 Å². The predicted octanol–water partition coefficient (Wildman–Crippen LogP) is 5.68. The van der Waals surface area contributed by atoms with Gasteiger partial charge < -0.3 is 9.72 Å². The zero-order chi connectivity index (χ0) is 24.4. The number of para-hydroxylation sites is 2. The second-order valence-corrected chi connectivity index (χ2v) is 8.59. The summed E-state index contributed by atoms with van der Waals surface area (Å²) in [5.41, 5.74) is 3.83. The number of aromatic amines is 1. The first kappa shape index (κ1) is 22.4. The Labute approximate surface area is 203 Å². The normalized spacial score (nSPS) is 11.8. The van der Waals surface area contributed by atoms with Crippen LogP contribution in [-0.2, 0) is 9.53 Å². The second kappa shape index (κ2) is 9.47. The summed E-state index contributed by atoms with van der Waals surface area (Å²) in [5.74, 6) is -0.962. The predicted molar refractivity (Wildman–Crippen MR) is 133 cm³/mol. The number of hydrogen-bond acceptors (Lipinski definition) is 6. The minimum atomic E-state index is -1.07. The maximum Gasteiger partial charge on any atom is 0.339 e. The maximum absolute atomic E-state index is 13.1. The molecule has 9 heteroatoms. The maximum atomic E-state index is 13.1. The Balaban J connectivity index is 1.28. The first-order chi connectivity index (χ1) is 17.0. The Morgan fingerprint density at radius 2 is 1.74 bits per heavy atom. The van der Waals surface area contributed by atoms with E-state index in [2.05, 4.69) is 20.3 Å². The molecular weight excluding hydrogens is 467 g/mol. The summed E-state index contributed by atoms with van der Waals surface area (Å²) in [4.78, 5) is 37.7. The molecule has 7 nitrogen and oxygen atoms in total. The Morgan fingerprint density at radius 3 is 2.54 bits per heavy atom. The van der Waals surface area contributed by atoms with Crippen LogP contribution in [0.15, 0.2) is 78.2 Å². The average molecular weight is 487 g/mol. The van der Waals surface area contributed by atoms with Crippen molar-refractivity contribution >= 4 is 39.4 Å². The number of H-pyrrole nitrogens is 1. The van der Waals surface area contributed by atoms with Gasteiger partial charge in [0.25, 0.3) is 5.91 Å². The number of fused-ring (bicyclic) bond motifs is 1. The number of benzene rings is 3. The van der Waals surface area contributed by atoms with Gasteiger partial charge in [0.1, 0.15) is 11.6 Å². The van der Waals surface area contributed by atoms with Crippen LogP contribution in [0.2, 0.25) is 0 Å². The van der Waals surface area contributed by atoms with Crippen molar-refractivity contribution in [1.82, 2.24) is 15.0 Å². The van der Waals surface area contributed by atoms with Gasteiger partial charge in [0.2, 0.25) is 0 Å². The molecule has 0 radical (unpaired) electrons. The number of aromatic nitrogens is 3. The number of esters is 1. The topological polar surface area (TPSA) is 97.0 Å². The minimum Gasteiger partial charge on any atom is -0.449 e. The Hall–Kier alpha value is -4.37. The van der Waals surface area contributed by atoms with Gasteiger partial charge in [-0.15, -0.1) is 11.3 Å². The van der Waals surface area contributed by atoms with Crippen molar-refractivity contribution in [2.45, 2.75) is 13.0 Å². The number of nitrogens with zero attached hydrogens (tertiary/aromatic N) is 2. The van der Waals surface area contributed by atoms with E-state index in [0.717, 1.165) is 16.6 Å². The molecule has 0 aliphatic rings. The number of thiazole rings is 1. The molecule has 0 fully saturated rings. The van der Waals surface area contributed by atoms with Crippen molar-refractivity contribution in [3.63, 3.8) is 0 Å². The number of ether oxygens (including phenoxy) is 1. The van der Waals surface area contributed by atoms with E-state index in [-0.39, 0.29) is 5.82 Å². The molecule has 35 heavy (non-hydrogen) atoms. The number of anilines is 1. The number of imidazole rings is 1. The van der Waals surface area contributed by atoms with E-state index >= 15 is 0 Å². The quantitative estimate of drug-likeness (QED) is 0.301. The standard InChI is InChI=1S/C26H19FN4O3S/c1-15(24(32)31-26-30-22(14-35-26)16-10-12-17(27)13-11-16)34-25(33)19-7-3-2-6-18(19)23-28-20-8-4-5-9-21(20)29-23/h2-15H,1H3,(H,28,29)(H,30,31,32). The van der Waals surface area contributed by atoms with E-state index < -0.39 is 18.0 Å².